The number of nitrogens with zero attached hydrogens (tertiary/aromatic N) is 2. The Balaban J connectivity index is 2.80. The van der Waals surface area contributed by atoms with E-state index < -0.39 is 5.92 Å². The van der Waals surface area contributed by atoms with Crippen molar-refractivity contribution in [3.05, 3.63) is 0 Å². The molecule has 0 bridgehead atoms. The number of nitrogens with two attached hydrogens (primary N) is 1. The van der Waals surface area contributed by atoms with Crippen molar-refractivity contribution >= 4 is 11.7 Å². The zero-order valence-corrected chi connectivity index (χ0v) is 10.9. The number of hydrogen-bond donors (Lipinski definition) is 2. The zero-order chi connectivity index (χ0) is 13.0. The second-order valence-electron chi connectivity index (χ2n) is 4.88. The predicted octanol–water partition coefficient (Wildman–Crippen LogP) is 1.41. The minimum absolute atomic E-state index is 0.0122. The molecular weight excluding hydrogens is 218 g/mol. The van der Waals surface area contributed by atoms with Crippen LogP contribution in [0.25, 0.3) is 0 Å². The fraction of sp³-hybridized carbons (Fsp3) is 0.833. The number of amidine groups is 1. The highest BCUT2D eigenvalue weighted by molar-refractivity contribution is 6.02. The number of amides is 1. The maximum Gasteiger partial charge on any atom is 0.233 e. The molecule has 3 N–H and O–H groups in total. The van der Waals surface area contributed by atoms with Crippen molar-refractivity contribution in [3.63, 3.8) is 0 Å². The van der Waals surface area contributed by atoms with Crippen LogP contribution in [0.3, 0.4) is 0 Å². The van der Waals surface area contributed by atoms with E-state index >= 15 is 0 Å². The lowest BCUT2D eigenvalue weighted by Crippen LogP contribution is -2.50. The van der Waals surface area contributed by atoms with Crippen molar-refractivity contribution in [3.8, 4) is 0 Å². The SMILES string of the molecule is CCC(C(=O)N1CCCC(C)C1C)C(N)=NO. The molecule has 5 heteroatoms. The normalized spacial score (nSPS) is 27.9. The second kappa shape index (κ2) is 5.89. The van der Waals surface area contributed by atoms with Crippen LogP contribution >= 0.6 is 0 Å². The van der Waals surface area contributed by atoms with E-state index in [9.17, 15) is 4.79 Å². The van der Waals surface area contributed by atoms with Gasteiger partial charge in [0.25, 0.3) is 0 Å². The molecule has 3 unspecified atom stereocenters. The van der Waals surface area contributed by atoms with Crippen LogP contribution in [-0.4, -0.2) is 34.4 Å². The van der Waals surface area contributed by atoms with E-state index in [0.29, 0.717) is 12.3 Å². The largest absolute Gasteiger partial charge is 0.409 e. The standard InChI is InChI=1S/C12H23N3O2/c1-4-10(11(13)14-17)12(16)15-7-5-6-8(2)9(15)3/h8-10,17H,4-7H2,1-3H3,(H2,13,14). The van der Waals surface area contributed by atoms with E-state index in [4.69, 9.17) is 10.9 Å². The van der Waals surface area contributed by atoms with Gasteiger partial charge in [-0.2, -0.15) is 0 Å². The van der Waals surface area contributed by atoms with Gasteiger partial charge in [0.05, 0.1) is 5.92 Å². The van der Waals surface area contributed by atoms with Crippen LogP contribution in [0, 0.1) is 11.8 Å². The Morgan fingerprint density at radius 3 is 2.76 bits per heavy atom. The summed E-state index contributed by atoms with van der Waals surface area (Å²) in [5.41, 5.74) is 5.57. The van der Waals surface area contributed by atoms with Crippen molar-refractivity contribution in [2.75, 3.05) is 6.54 Å². The van der Waals surface area contributed by atoms with Crippen LogP contribution < -0.4 is 5.73 Å². The second-order valence-corrected chi connectivity index (χ2v) is 4.88. The van der Waals surface area contributed by atoms with Gasteiger partial charge in [0.1, 0.15) is 0 Å². The van der Waals surface area contributed by atoms with E-state index in [0.717, 1.165) is 19.4 Å². The summed E-state index contributed by atoms with van der Waals surface area (Å²) in [4.78, 5) is 14.2. The summed E-state index contributed by atoms with van der Waals surface area (Å²) >= 11 is 0. The third-order valence-electron chi connectivity index (χ3n) is 3.84. The lowest BCUT2D eigenvalue weighted by molar-refractivity contribution is -0.138. The van der Waals surface area contributed by atoms with Crippen LogP contribution in [0.4, 0.5) is 0 Å². The highest BCUT2D eigenvalue weighted by Gasteiger charge is 2.33. The molecule has 1 fully saturated rings. The highest BCUT2D eigenvalue weighted by atomic mass is 16.4. The smallest absolute Gasteiger partial charge is 0.233 e. The number of carbonyl (C=O) groups is 1. The Morgan fingerprint density at radius 2 is 2.24 bits per heavy atom. The number of hydrogen-bond acceptors (Lipinski definition) is 3. The molecule has 0 aromatic rings. The summed E-state index contributed by atoms with van der Waals surface area (Å²) in [6.45, 7) is 6.88. The van der Waals surface area contributed by atoms with Crippen LogP contribution in [0.15, 0.2) is 5.16 Å². The van der Waals surface area contributed by atoms with Crippen molar-refractivity contribution in [1.29, 1.82) is 0 Å². The van der Waals surface area contributed by atoms with Gasteiger partial charge in [-0.1, -0.05) is 19.0 Å². The fourth-order valence-corrected chi connectivity index (χ4v) is 2.43. The first kappa shape index (κ1) is 13.8. The number of oxime groups is 1. The molecule has 0 spiro atoms. The molecule has 0 saturated carbocycles. The molecule has 0 aliphatic carbocycles. The molecule has 1 rings (SSSR count). The summed E-state index contributed by atoms with van der Waals surface area (Å²) in [7, 11) is 0. The number of rotatable bonds is 3. The first-order valence-electron chi connectivity index (χ1n) is 6.30. The predicted molar refractivity (Wildman–Crippen MR) is 66.8 cm³/mol. The molecule has 0 aromatic carbocycles. The Bertz CT molecular complexity index is 304. The van der Waals surface area contributed by atoms with Crippen molar-refractivity contribution in [2.45, 2.75) is 46.1 Å². The van der Waals surface area contributed by atoms with Crippen LogP contribution in [0.1, 0.15) is 40.0 Å². The molecule has 0 aromatic heterocycles. The summed E-state index contributed by atoms with van der Waals surface area (Å²) in [6.07, 6.45) is 2.75. The van der Waals surface area contributed by atoms with Gasteiger partial charge < -0.3 is 15.8 Å². The monoisotopic (exact) mass is 241 g/mol. The van der Waals surface area contributed by atoms with Crippen molar-refractivity contribution in [2.24, 2.45) is 22.7 Å². The van der Waals surface area contributed by atoms with Crippen molar-refractivity contribution < 1.29 is 10.0 Å². The van der Waals surface area contributed by atoms with Crippen LogP contribution in [0.2, 0.25) is 0 Å². The maximum atomic E-state index is 12.3. The van der Waals surface area contributed by atoms with Crippen LogP contribution in [0.5, 0.6) is 0 Å². The lowest BCUT2D eigenvalue weighted by atomic mass is 9.90. The molecular formula is C12H23N3O2. The molecule has 98 valence electrons. The Hall–Kier alpha value is -1.26. The number of carbonyl (C=O) groups excluding carboxylic acids is 1. The minimum atomic E-state index is -0.493. The van der Waals surface area contributed by atoms with Gasteiger partial charge in [-0.25, -0.2) is 0 Å². The van der Waals surface area contributed by atoms with Gasteiger partial charge in [0, 0.05) is 12.6 Å². The zero-order valence-electron chi connectivity index (χ0n) is 10.9. The topological polar surface area (TPSA) is 78.9 Å². The summed E-state index contributed by atoms with van der Waals surface area (Å²) in [5.74, 6) is 0.0232. The molecule has 0 radical (unpaired) electrons. The molecule has 5 nitrogen and oxygen atoms in total. The van der Waals surface area contributed by atoms with Crippen LogP contribution in [-0.2, 0) is 4.79 Å². The lowest BCUT2D eigenvalue weighted by Gasteiger charge is -2.39. The average molecular weight is 241 g/mol. The first-order chi connectivity index (χ1) is 8.02. The highest BCUT2D eigenvalue weighted by Crippen LogP contribution is 2.25. The van der Waals surface area contributed by atoms with E-state index in [1.54, 1.807) is 0 Å². The summed E-state index contributed by atoms with van der Waals surface area (Å²) in [6, 6.07) is 0.233. The molecule has 17 heavy (non-hydrogen) atoms. The quantitative estimate of drug-likeness (QED) is 0.339. The van der Waals surface area contributed by atoms with Gasteiger partial charge in [-0.05, 0) is 32.1 Å². The Morgan fingerprint density at radius 1 is 1.59 bits per heavy atom. The summed E-state index contributed by atoms with van der Waals surface area (Å²) < 4.78 is 0. The van der Waals surface area contributed by atoms with E-state index in [1.807, 2.05) is 11.8 Å². The molecule has 1 amide bonds. The van der Waals surface area contributed by atoms with Crippen molar-refractivity contribution in [1.82, 2.24) is 4.90 Å². The van der Waals surface area contributed by atoms with Gasteiger partial charge in [-0.3, -0.25) is 4.79 Å². The van der Waals surface area contributed by atoms with E-state index in [1.165, 1.54) is 0 Å². The molecule has 1 aliphatic rings. The third-order valence-corrected chi connectivity index (χ3v) is 3.84. The summed E-state index contributed by atoms with van der Waals surface area (Å²) in [5, 5.41) is 11.7. The third kappa shape index (κ3) is 2.90. The fourth-order valence-electron chi connectivity index (χ4n) is 2.43. The Labute approximate surface area is 103 Å². The van der Waals surface area contributed by atoms with E-state index in [-0.39, 0.29) is 17.8 Å². The molecule has 1 heterocycles. The Kier molecular flexibility index (Phi) is 4.78. The van der Waals surface area contributed by atoms with Gasteiger partial charge >= 0.3 is 0 Å². The van der Waals surface area contributed by atoms with Gasteiger partial charge in [0.2, 0.25) is 5.91 Å². The number of piperidine rings is 1. The number of likely N-dealkylation sites (tertiary alicyclic amines) is 1. The average Bonchev–Trinajstić information content (AvgIpc) is 2.33. The van der Waals surface area contributed by atoms with Gasteiger partial charge in [-0.15, -0.1) is 0 Å². The molecule has 3 atom stereocenters. The van der Waals surface area contributed by atoms with Gasteiger partial charge in [0.15, 0.2) is 5.84 Å². The first-order valence-corrected chi connectivity index (χ1v) is 6.30. The maximum absolute atomic E-state index is 12.3. The van der Waals surface area contributed by atoms with E-state index in [2.05, 4.69) is 19.0 Å². The molecule has 1 saturated heterocycles. The molecule has 1 aliphatic heterocycles. The minimum Gasteiger partial charge on any atom is -0.409 e.